The number of hydrogen-bond donors (Lipinski definition) is 2. The van der Waals surface area contributed by atoms with E-state index in [1.54, 1.807) is 0 Å². The van der Waals surface area contributed by atoms with Gasteiger partial charge in [0.2, 0.25) is 0 Å². The number of nitrogens with one attached hydrogen (secondary N) is 2. The van der Waals surface area contributed by atoms with Crippen molar-refractivity contribution in [3.8, 4) is 0 Å². The van der Waals surface area contributed by atoms with Crippen LogP contribution in [0.25, 0.3) is 0 Å². The topological polar surface area (TPSA) is 44.0 Å². The van der Waals surface area contributed by atoms with Gasteiger partial charge < -0.3 is 10.2 Å². The molecular weight excluding hydrogens is 188 g/mol. The summed E-state index contributed by atoms with van der Waals surface area (Å²) in [5.74, 6) is 0.660. The maximum absolute atomic E-state index is 4.52. The lowest BCUT2D eigenvalue weighted by atomic mass is 9.96. The van der Waals surface area contributed by atoms with E-state index < -0.39 is 0 Å². The minimum atomic E-state index is 0.660. The fourth-order valence-electron chi connectivity index (χ4n) is 2.77. The summed E-state index contributed by atoms with van der Waals surface area (Å²) in [6.07, 6.45) is 2.41. The van der Waals surface area contributed by atoms with E-state index in [1.165, 1.54) is 36.5 Å². The Labute approximate surface area is 90.0 Å². The lowest BCUT2D eigenvalue weighted by Crippen LogP contribution is -2.24. The zero-order valence-corrected chi connectivity index (χ0v) is 9.21. The molecule has 3 heterocycles. The molecule has 0 saturated carbocycles. The Bertz CT molecular complexity index is 357. The van der Waals surface area contributed by atoms with Gasteiger partial charge in [-0.1, -0.05) is 0 Å². The second-order valence-corrected chi connectivity index (χ2v) is 4.74. The number of rotatable bonds is 1. The van der Waals surface area contributed by atoms with Crippen molar-refractivity contribution < 1.29 is 0 Å². The Balaban J connectivity index is 1.88. The minimum Gasteiger partial charge on any atom is -0.311 e. The van der Waals surface area contributed by atoms with Crippen LogP contribution in [-0.4, -0.2) is 41.8 Å². The van der Waals surface area contributed by atoms with E-state index in [1.807, 2.05) is 0 Å². The van der Waals surface area contributed by atoms with Gasteiger partial charge in [0.15, 0.2) is 0 Å². The highest BCUT2D eigenvalue weighted by Crippen LogP contribution is 2.29. The van der Waals surface area contributed by atoms with Crippen molar-refractivity contribution in [1.82, 2.24) is 20.4 Å². The van der Waals surface area contributed by atoms with Gasteiger partial charge in [-0.25, -0.2) is 0 Å². The third kappa shape index (κ3) is 1.58. The Hall–Kier alpha value is -0.870. The zero-order chi connectivity index (χ0) is 10.3. The summed E-state index contributed by atoms with van der Waals surface area (Å²) in [7, 11) is 2.20. The molecule has 4 nitrogen and oxygen atoms in total. The van der Waals surface area contributed by atoms with E-state index in [2.05, 4.69) is 27.5 Å². The lowest BCUT2D eigenvalue weighted by molar-refractivity contribution is 0.410. The van der Waals surface area contributed by atoms with Crippen LogP contribution >= 0.6 is 0 Å². The predicted octanol–water partition coefficient (Wildman–Crippen LogP) is 0.474. The first-order valence-corrected chi connectivity index (χ1v) is 5.80. The monoisotopic (exact) mass is 206 g/mol. The average Bonchev–Trinajstić information content (AvgIpc) is 2.83. The van der Waals surface area contributed by atoms with Gasteiger partial charge in [-0.2, -0.15) is 5.10 Å². The quantitative estimate of drug-likeness (QED) is 0.702. The Kier molecular flexibility index (Phi) is 2.25. The number of aromatic amines is 1. The molecule has 0 spiro atoms. The number of likely N-dealkylation sites (tertiary alicyclic amines) is 1. The summed E-state index contributed by atoms with van der Waals surface area (Å²) in [5.41, 5.74) is 4.15. The SMILES string of the molecule is CN1CCC(c2n[nH]c3c2CCNC3)C1. The van der Waals surface area contributed by atoms with E-state index in [9.17, 15) is 0 Å². The smallest absolute Gasteiger partial charge is 0.0702 e. The van der Waals surface area contributed by atoms with E-state index in [0.29, 0.717) is 5.92 Å². The molecule has 2 aliphatic rings. The molecule has 1 fully saturated rings. The van der Waals surface area contributed by atoms with Crippen molar-refractivity contribution in [1.29, 1.82) is 0 Å². The molecule has 0 bridgehead atoms. The maximum Gasteiger partial charge on any atom is 0.0702 e. The molecule has 2 aliphatic heterocycles. The summed E-state index contributed by atoms with van der Waals surface area (Å²) in [6, 6.07) is 0. The van der Waals surface area contributed by atoms with Crippen LogP contribution in [0.3, 0.4) is 0 Å². The highest BCUT2D eigenvalue weighted by atomic mass is 15.2. The predicted molar refractivity (Wildman–Crippen MR) is 58.9 cm³/mol. The standard InChI is InChI=1S/C11H18N4/c1-15-5-3-8(7-15)11-9-2-4-12-6-10(9)13-14-11/h8,12H,2-7H2,1H3,(H,13,14). The van der Waals surface area contributed by atoms with Crippen molar-refractivity contribution in [2.75, 3.05) is 26.7 Å². The Morgan fingerprint density at radius 1 is 1.47 bits per heavy atom. The van der Waals surface area contributed by atoms with Gasteiger partial charge in [0.05, 0.1) is 11.4 Å². The fourth-order valence-corrected chi connectivity index (χ4v) is 2.77. The van der Waals surface area contributed by atoms with Crippen LogP contribution in [0, 0.1) is 0 Å². The maximum atomic E-state index is 4.52. The summed E-state index contributed by atoms with van der Waals surface area (Å²) in [5, 5.41) is 11.1. The summed E-state index contributed by atoms with van der Waals surface area (Å²) < 4.78 is 0. The average molecular weight is 206 g/mol. The molecule has 0 aromatic carbocycles. The van der Waals surface area contributed by atoms with Gasteiger partial charge in [0.25, 0.3) is 0 Å². The number of nitrogens with zero attached hydrogens (tertiary/aromatic N) is 2. The summed E-state index contributed by atoms with van der Waals surface area (Å²) in [4.78, 5) is 2.40. The van der Waals surface area contributed by atoms with Crippen LogP contribution in [0.15, 0.2) is 0 Å². The number of fused-ring (bicyclic) bond motifs is 1. The van der Waals surface area contributed by atoms with Gasteiger partial charge in [0, 0.05) is 19.0 Å². The molecule has 2 N–H and O–H groups in total. The van der Waals surface area contributed by atoms with E-state index in [0.717, 1.165) is 19.5 Å². The molecular formula is C11H18N4. The molecule has 4 heteroatoms. The second-order valence-electron chi connectivity index (χ2n) is 4.74. The summed E-state index contributed by atoms with van der Waals surface area (Å²) in [6.45, 7) is 4.45. The third-order valence-corrected chi connectivity index (χ3v) is 3.62. The van der Waals surface area contributed by atoms with Crippen LogP contribution in [0.4, 0.5) is 0 Å². The number of H-pyrrole nitrogens is 1. The van der Waals surface area contributed by atoms with E-state index >= 15 is 0 Å². The minimum absolute atomic E-state index is 0.660. The molecule has 1 unspecified atom stereocenters. The van der Waals surface area contributed by atoms with Gasteiger partial charge in [-0.05, 0) is 38.5 Å². The Morgan fingerprint density at radius 3 is 3.20 bits per heavy atom. The fraction of sp³-hybridized carbons (Fsp3) is 0.727. The number of hydrogen-bond acceptors (Lipinski definition) is 3. The van der Waals surface area contributed by atoms with Crippen LogP contribution in [0.1, 0.15) is 29.3 Å². The van der Waals surface area contributed by atoms with Crippen LogP contribution < -0.4 is 5.32 Å². The molecule has 0 amide bonds. The van der Waals surface area contributed by atoms with Crippen LogP contribution in [0.2, 0.25) is 0 Å². The first-order valence-electron chi connectivity index (χ1n) is 5.80. The third-order valence-electron chi connectivity index (χ3n) is 3.62. The van der Waals surface area contributed by atoms with Gasteiger partial charge in [0.1, 0.15) is 0 Å². The van der Waals surface area contributed by atoms with Crippen LogP contribution in [-0.2, 0) is 13.0 Å². The molecule has 1 atom stereocenters. The zero-order valence-electron chi connectivity index (χ0n) is 9.21. The number of aromatic nitrogens is 2. The first kappa shape index (κ1) is 9.36. The van der Waals surface area contributed by atoms with E-state index in [4.69, 9.17) is 0 Å². The van der Waals surface area contributed by atoms with Gasteiger partial charge in [-0.15, -0.1) is 0 Å². The number of likely N-dealkylation sites (N-methyl/N-ethyl adjacent to an activating group) is 1. The molecule has 3 rings (SSSR count). The van der Waals surface area contributed by atoms with Gasteiger partial charge in [-0.3, -0.25) is 5.10 Å². The lowest BCUT2D eigenvalue weighted by Gasteiger charge is -2.15. The molecule has 1 saturated heterocycles. The molecule has 1 aromatic rings. The van der Waals surface area contributed by atoms with E-state index in [-0.39, 0.29) is 0 Å². The molecule has 0 radical (unpaired) electrons. The second kappa shape index (κ2) is 3.61. The van der Waals surface area contributed by atoms with Crippen molar-refractivity contribution in [3.63, 3.8) is 0 Å². The highest BCUT2D eigenvalue weighted by Gasteiger charge is 2.27. The van der Waals surface area contributed by atoms with Crippen molar-refractivity contribution in [2.45, 2.75) is 25.3 Å². The van der Waals surface area contributed by atoms with Crippen LogP contribution in [0.5, 0.6) is 0 Å². The normalized spacial score (nSPS) is 26.9. The largest absolute Gasteiger partial charge is 0.311 e. The molecule has 0 aliphatic carbocycles. The van der Waals surface area contributed by atoms with Gasteiger partial charge >= 0.3 is 0 Å². The molecule has 1 aromatic heterocycles. The Morgan fingerprint density at radius 2 is 2.40 bits per heavy atom. The van der Waals surface area contributed by atoms with Crippen molar-refractivity contribution in [3.05, 3.63) is 17.0 Å². The van der Waals surface area contributed by atoms with Crippen molar-refractivity contribution in [2.24, 2.45) is 0 Å². The molecule has 82 valence electrons. The van der Waals surface area contributed by atoms with Crippen molar-refractivity contribution >= 4 is 0 Å². The first-order chi connectivity index (χ1) is 7.34. The molecule has 15 heavy (non-hydrogen) atoms. The summed E-state index contributed by atoms with van der Waals surface area (Å²) >= 11 is 0. The highest BCUT2D eigenvalue weighted by molar-refractivity contribution is 5.31.